The van der Waals surface area contributed by atoms with E-state index in [1.807, 2.05) is 19.9 Å². The second-order valence-electron chi connectivity index (χ2n) is 3.93. The quantitative estimate of drug-likeness (QED) is 0.826. The molecule has 0 unspecified atom stereocenters. The molecule has 5 heteroatoms. The number of aromatic nitrogens is 1. The largest absolute Gasteiger partial charge is 0.462 e. The third-order valence-corrected chi connectivity index (χ3v) is 2.66. The van der Waals surface area contributed by atoms with Crippen molar-refractivity contribution in [3.05, 3.63) is 40.7 Å². The molecule has 0 aliphatic rings. The van der Waals surface area contributed by atoms with Crippen LogP contribution in [0, 0.1) is 13.8 Å². The van der Waals surface area contributed by atoms with Crippen molar-refractivity contribution in [2.24, 2.45) is 0 Å². The van der Waals surface area contributed by atoms with E-state index in [4.69, 9.17) is 14.0 Å². The van der Waals surface area contributed by atoms with E-state index in [2.05, 4.69) is 10.5 Å². The van der Waals surface area contributed by atoms with Crippen molar-refractivity contribution in [2.75, 3.05) is 0 Å². The fraction of sp³-hybridized carbons (Fsp3) is 0.417. The third-order valence-electron chi connectivity index (χ3n) is 2.66. The lowest BCUT2D eigenvalue weighted by atomic mass is 10.2. The van der Waals surface area contributed by atoms with Gasteiger partial charge in [-0.15, -0.1) is 0 Å². The average molecular weight is 236 g/mol. The first-order valence-corrected chi connectivity index (χ1v) is 5.51. The molecule has 2 N–H and O–H groups in total. The summed E-state index contributed by atoms with van der Waals surface area (Å²) in [5.74, 6) is 2.23. The van der Waals surface area contributed by atoms with Gasteiger partial charge in [-0.2, -0.15) is 0 Å². The summed E-state index contributed by atoms with van der Waals surface area (Å²) in [6.07, 6.45) is 0. The van der Waals surface area contributed by atoms with Crippen LogP contribution in [-0.2, 0) is 19.7 Å². The van der Waals surface area contributed by atoms with E-state index in [9.17, 15) is 0 Å². The predicted molar refractivity (Wildman–Crippen MR) is 61.2 cm³/mol. The first kappa shape index (κ1) is 11.9. The fourth-order valence-electron chi connectivity index (χ4n) is 1.67. The molecule has 17 heavy (non-hydrogen) atoms. The fourth-order valence-corrected chi connectivity index (χ4v) is 1.67. The van der Waals surface area contributed by atoms with Gasteiger partial charge >= 0.3 is 0 Å². The van der Waals surface area contributed by atoms with Crippen molar-refractivity contribution in [2.45, 2.75) is 33.5 Å². The normalized spacial score (nSPS) is 11.0. The Hall–Kier alpha value is -1.59. The molecule has 5 nitrogen and oxygen atoms in total. The first-order chi connectivity index (χ1) is 8.20. The van der Waals surface area contributed by atoms with Gasteiger partial charge in [-0.05, 0) is 26.0 Å². The van der Waals surface area contributed by atoms with Crippen molar-refractivity contribution >= 4 is 0 Å². The van der Waals surface area contributed by atoms with Crippen molar-refractivity contribution < 1.29 is 14.0 Å². The second-order valence-corrected chi connectivity index (χ2v) is 3.93. The molecule has 0 amide bonds. The number of furan rings is 1. The van der Waals surface area contributed by atoms with Crippen LogP contribution >= 0.6 is 0 Å². The van der Waals surface area contributed by atoms with Gasteiger partial charge in [0.1, 0.15) is 23.9 Å². The molecule has 0 aromatic carbocycles. The smallest absolute Gasteiger partial charge is 0.138 e. The van der Waals surface area contributed by atoms with E-state index in [1.165, 1.54) is 0 Å². The Morgan fingerprint density at radius 2 is 2.00 bits per heavy atom. The molecule has 0 spiro atoms. The molecule has 0 fully saturated rings. The van der Waals surface area contributed by atoms with Crippen LogP contribution < -0.4 is 5.32 Å². The van der Waals surface area contributed by atoms with E-state index >= 15 is 0 Å². The number of aliphatic hydroxyl groups is 1. The highest BCUT2D eigenvalue weighted by molar-refractivity contribution is 5.20. The molecule has 0 aliphatic heterocycles. The van der Waals surface area contributed by atoms with E-state index in [0.717, 1.165) is 22.8 Å². The highest BCUT2D eigenvalue weighted by atomic mass is 16.5. The minimum atomic E-state index is -0.0656. The zero-order chi connectivity index (χ0) is 12.3. The van der Waals surface area contributed by atoms with E-state index in [1.54, 1.807) is 6.07 Å². The molecular weight excluding hydrogens is 220 g/mol. The summed E-state index contributed by atoms with van der Waals surface area (Å²) in [5.41, 5.74) is 1.99. The number of aliphatic hydroxyl groups excluding tert-OH is 1. The molecule has 0 saturated heterocycles. The second kappa shape index (κ2) is 5.16. The number of aryl methyl sites for hydroxylation is 2. The number of hydrogen-bond acceptors (Lipinski definition) is 5. The van der Waals surface area contributed by atoms with Gasteiger partial charge < -0.3 is 19.4 Å². The number of nitrogens with zero attached hydrogens (tertiary/aromatic N) is 1. The summed E-state index contributed by atoms with van der Waals surface area (Å²) in [5, 5.41) is 16.0. The van der Waals surface area contributed by atoms with Gasteiger partial charge in [0, 0.05) is 12.1 Å². The van der Waals surface area contributed by atoms with Gasteiger partial charge in [0.15, 0.2) is 0 Å². The van der Waals surface area contributed by atoms with Gasteiger partial charge in [-0.1, -0.05) is 5.16 Å². The molecule has 2 heterocycles. The van der Waals surface area contributed by atoms with Crippen LogP contribution in [-0.4, -0.2) is 10.3 Å². The molecule has 2 aromatic rings. The minimum absolute atomic E-state index is 0.0656. The Morgan fingerprint density at radius 3 is 2.59 bits per heavy atom. The summed E-state index contributed by atoms with van der Waals surface area (Å²) in [7, 11) is 0. The topological polar surface area (TPSA) is 71.4 Å². The Morgan fingerprint density at radius 1 is 1.24 bits per heavy atom. The van der Waals surface area contributed by atoms with Gasteiger partial charge in [-0.3, -0.25) is 0 Å². The Balaban J connectivity index is 1.87. The third kappa shape index (κ3) is 2.75. The van der Waals surface area contributed by atoms with Crippen LogP contribution in [0.1, 0.15) is 28.5 Å². The number of nitrogens with one attached hydrogen (secondary N) is 1. The van der Waals surface area contributed by atoms with Gasteiger partial charge in [-0.25, -0.2) is 0 Å². The zero-order valence-electron chi connectivity index (χ0n) is 9.99. The molecule has 2 aromatic heterocycles. The summed E-state index contributed by atoms with van der Waals surface area (Å²) in [6.45, 7) is 5.06. The van der Waals surface area contributed by atoms with Gasteiger partial charge in [0.05, 0.1) is 12.2 Å². The standard InChI is InChI=1S/C12H16N2O3/c1-8-12(9(2)17-14-8)6-13-5-10-3-4-11(7-15)16-10/h3-4,13,15H,5-7H2,1-2H3. The number of rotatable bonds is 5. The van der Waals surface area contributed by atoms with E-state index < -0.39 is 0 Å². The van der Waals surface area contributed by atoms with Crippen molar-refractivity contribution in [1.82, 2.24) is 10.5 Å². The Kier molecular flexibility index (Phi) is 3.61. The van der Waals surface area contributed by atoms with Crippen LogP contribution in [0.4, 0.5) is 0 Å². The van der Waals surface area contributed by atoms with Crippen molar-refractivity contribution in [3.8, 4) is 0 Å². The molecule has 0 radical (unpaired) electrons. The molecule has 2 rings (SSSR count). The van der Waals surface area contributed by atoms with E-state index in [0.29, 0.717) is 18.8 Å². The van der Waals surface area contributed by atoms with Crippen LogP contribution in [0.2, 0.25) is 0 Å². The number of hydrogen-bond donors (Lipinski definition) is 2. The lowest BCUT2D eigenvalue weighted by Gasteiger charge is -2.01. The van der Waals surface area contributed by atoms with Crippen molar-refractivity contribution in [1.29, 1.82) is 0 Å². The van der Waals surface area contributed by atoms with Crippen molar-refractivity contribution in [3.63, 3.8) is 0 Å². The van der Waals surface area contributed by atoms with Crippen LogP contribution in [0.3, 0.4) is 0 Å². The molecule has 0 bridgehead atoms. The summed E-state index contributed by atoms with van der Waals surface area (Å²) < 4.78 is 10.4. The SMILES string of the molecule is Cc1noc(C)c1CNCc1ccc(CO)o1. The van der Waals surface area contributed by atoms with Gasteiger partial charge in [0.2, 0.25) is 0 Å². The van der Waals surface area contributed by atoms with Crippen LogP contribution in [0.15, 0.2) is 21.1 Å². The maximum absolute atomic E-state index is 8.86. The maximum Gasteiger partial charge on any atom is 0.138 e. The predicted octanol–water partition coefficient (Wildman–Crippen LogP) is 1.67. The van der Waals surface area contributed by atoms with Crippen LogP contribution in [0.25, 0.3) is 0 Å². The Labute approximate surface area is 99.4 Å². The summed E-state index contributed by atoms with van der Waals surface area (Å²) in [4.78, 5) is 0. The van der Waals surface area contributed by atoms with Gasteiger partial charge in [0.25, 0.3) is 0 Å². The summed E-state index contributed by atoms with van der Waals surface area (Å²) >= 11 is 0. The molecule has 0 aliphatic carbocycles. The molecule has 0 atom stereocenters. The zero-order valence-corrected chi connectivity index (χ0v) is 9.99. The average Bonchev–Trinajstić information content (AvgIpc) is 2.90. The van der Waals surface area contributed by atoms with Crippen LogP contribution in [0.5, 0.6) is 0 Å². The molecule has 92 valence electrons. The lowest BCUT2D eigenvalue weighted by molar-refractivity contribution is 0.242. The Bertz CT molecular complexity index is 468. The van der Waals surface area contributed by atoms with E-state index in [-0.39, 0.29) is 6.61 Å². The summed E-state index contributed by atoms with van der Waals surface area (Å²) in [6, 6.07) is 3.62. The molecular formula is C12H16N2O3. The minimum Gasteiger partial charge on any atom is -0.462 e. The lowest BCUT2D eigenvalue weighted by Crippen LogP contribution is -2.13. The highest BCUT2D eigenvalue weighted by Crippen LogP contribution is 2.12. The first-order valence-electron chi connectivity index (χ1n) is 5.51. The monoisotopic (exact) mass is 236 g/mol. The maximum atomic E-state index is 8.86. The molecule has 0 saturated carbocycles. The highest BCUT2D eigenvalue weighted by Gasteiger charge is 2.08.